The van der Waals surface area contributed by atoms with Gasteiger partial charge in [-0.1, -0.05) is 70.2 Å². The van der Waals surface area contributed by atoms with Crippen molar-refractivity contribution in [2.24, 2.45) is 57.3 Å². The molecule has 0 unspecified atom stereocenters. The van der Waals surface area contributed by atoms with Crippen LogP contribution < -0.4 is 16.2 Å². The number of Topliss-reactive ketones (excluding diaryl/α,β-unsaturated/α-hetero) is 1. The van der Waals surface area contributed by atoms with Gasteiger partial charge in [-0.2, -0.15) is 0 Å². The van der Waals surface area contributed by atoms with E-state index in [4.69, 9.17) is 16.2 Å². The highest BCUT2D eigenvalue weighted by Gasteiger charge is 2.70. The summed E-state index contributed by atoms with van der Waals surface area (Å²) in [6.07, 6.45) is 13.7. The molecule has 71 heavy (non-hydrogen) atoms. The number of nitrogens with one attached hydrogen (secondary N) is 1. The van der Waals surface area contributed by atoms with E-state index in [1.54, 1.807) is 58.1 Å². The first kappa shape index (κ1) is 48.7. The Bertz CT molecular complexity index is 2820. The maximum atomic E-state index is 14.3. The number of aromatic hydroxyl groups is 2. The number of ether oxygens (including phenoxy) is 1. The van der Waals surface area contributed by atoms with E-state index in [0.717, 1.165) is 90.6 Å². The summed E-state index contributed by atoms with van der Waals surface area (Å²) < 4.78 is 6.21. The molecule has 7 aliphatic rings. The minimum atomic E-state index is -0.802. The molecule has 11 rings (SSSR count). The zero-order valence-corrected chi connectivity index (χ0v) is 41.9. The second-order valence-corrected chi connectivity index (χ2v) is 24.8. The highest BCUT2D eigenvalue weighted by Crippen LogP contribution is 2.75. The molecule has 5 saturated carbocycles. The minimum Gasteiger partial charge on any atom is -0.508 e. The van der Waals surface area contributed by atoms with Gasteiger partial charge in [-0.05, 0) is 162 Å². The standard InChI is InChI=1S/C58H67N3O8S2/c59-55(60)41-23-35-3-1-5-48-39(15-19-61-48)51(66)25-42-40(35)24-36(41)30-70-71-32-57-26-44-38-10-11-46(52(67)29-62)58(17-2-4-45(38)58)27-47(44)56(31-57,28-54(57)68)18-14-37(63)9-6-33-8-13-50(65)53(22-33)69-20-16-34-7-12-49(64)43(42)21-34/h7-8,12-15,18-19,21-24,38,42,44-47,52,54-55,61-62,64-65,67-68H,2,4-6,9-11,16-17,20,25-32,59-60H2/b18-14+/t38-,42-,44-,45-,46-,47+,52-,54-,56-,57-,58+/m1/s1. The van der Waals surface area contributed by atoms with Gasteiger partial charge >= 0.3 is 0 Å². The number of fused-ring (bicyclic) bond motifs is 9. The van der Waals surface area contributed by atoms with E-state index in [0.29, 0.717) is 71.6 Å². The van der Waals surface area contributed by atoms with E-state index in [1.807, 2.05) is 24.3 Å². The van der Waals surface area contributed by atoms with Crippen LogP contribution >= 0.6 is 21.6 Å². The number of aromatic amines is 1. The topological polar surface area (TPSA) is 212 Å². The molecular formula is C58H67N3O8S2. The SMILES string of the molecule is NC(N)c1cc2c3cc1CSSC[C@]14C[C@@H]5[C@H]6CC[C@H]([C@H](O)CO)[C@@]7(CCC[C@H]67)C[C@@H]5[C@](/C=C/C(=O)CCc5ccc(O)c(c5)OCCc5ccc(O)c(c5)[C@@H]3CC(=O)c3cc[nH]c3CC#C2)(C[C@H]1O)C4. The van der Waals surface area contributed by atoms with E-state index in [2.05, 4.69) is 29.0 Å². The maximum absolute atomic E-state index is 14.3. The summed E-state index contributed by atoms with van der Waals surface area (Å²) in [5.74, 6) is 9.34. The molecule has 4 aromatic rings. The van der Waals surface area contributed by atoms with Crippen molar-refractivity contribution < 1.29 is 39.9 Å². The van der Waals surface area contributed by atoms with Gasteiger partial charge in [-0.3, -0.25) is 9.59 Å². The van der Waals surface area contributed by atoms with Crippen molar-refractivity contribution in [1.29, 1.82) is 0 Å². The fourth-order valence-electron chi connectivity index (χ4n) is 15.6. The smallest absolute Gasteiger partial charge is 0.165 e. The lowest BCUT2D eigenvalue weighted by atomic mass is 9.40. The molecule has 5 fully saturated rings. The van der Waals surface area contributed by atoms with Crippen molar-refractivity contribution in [1.82, 2.24) is 4.98 Å². The van der Waals surface area contributed by atoms with Crippen LogP contribution in [0.5, 0.6) is 17.2 Å². The van der Waals surface area contributed by atoms with Gasteiger partial charge < -0.3 is 46.7 Å². The Morgan fingerprint density at radius 1 is 0.887 bits per heavy atom. The van der Waals surface area contributed by atoms with Crippen LogP contribution in [0.3, 0.4) is 0 Å². The molecule has 11 atom stereocenters. The zero-order chi connectivity index (χ0) is 49.2. The molecule has 1 aliphatic heterocycles. The Labute approximate surface area is 424 Å². The first-order valence-corrected chi connectivity index (χ1v) is 28.4. The number of carbonyl (C=O) groups excluding carboxylic acids is 2. The van der Waals surface area contributed by atoms with Gasteiger partial charge in [-0.15, -0.1) is 0 Å². The number of hydrogen-bond donors (Lipinski definition) is 8. The molecule has 6 aliphatic carbocycles. The van der Waals surface area contributed by atoms with Crippen molar-refractivity contribution >= 4 is 33.2 Å². The van der Waals surface area contributed by atoms with Crippen LogP contribution in [-0.2, 0) is 29.8 Å². The van der Waals surface area contributed by atoms with Crippen molar-refractivity contribution in [3.8, 4) is 29.1 Å². The number of aryl methyl sites for hydroxylation is 1. The van der Waals surface area contributed by atoms with Gasteiger partial charge in [-0.25, -0.2) is 0 Å². The number of aromatic nitrogens is 1. The number of aliphatic hydroxyl groups is 3. The number of phenolic OH excluding ortho intramolecular Hbond substituents is 2. The third-order valence-corrected chi connectivity index (χ3v) is 21.2. The van der Waals surface area contributed by atoms with Gasteiger partial charge in [0.1, 0.15) is 5.75 Å². The molecule has 2 heterocycles. The quantitative estimate of drug-likeness (QED) is 0.0551. The Morgan fingerprint density at radius 2 is 1.72 bits per heavy atom. The average Bonchev–Trinajstić information content (AvgIpc) is 4.08. The van der Waals surface area contributed by atoms with Crippen LogP contribution in [0.2, 0.25) is 0 Å². The van der Waals surface area contributed by atoms with Crippen molar-refractivity contribution in [3.63, 3.8) is 0 Å². The minimum absolute atomic E-state index is 0.00141. The molecule has 3 aromatic carbocycles. The lowest BCUT2D eigenvalue weighted by Crippen LogP contribution is -2.59. The molecule has 10 bridgehead atoms. The molecule has 0 spiro atoms. The molecule has 1 aromatic heterocycles. The Kier molecular flexibility index (Phi) is 13.3. The normalized spacial score (nSPS) is 33.5. The number of allylic oxidation sites excluding steroid dienone is 2. The zero-order valence-electron chi connectivity index (χ0n) is 40.3. The Morgan fingerprint density at radius 3 is 2.55 bits per heavy atom. The second-order valence-electron chi connectivity index (χ2n) is 22.3. The lowest BCUT2D eigenvalue weighted by Gasteiger charge is -2.64. The van der Waals surface area contributed by atoms with Crippen LogP contribution in [0, 0.1) is 57.7 Å². The molecule has 0 radical (unpaired) electrons. The second kappa shape index (κ2) is 19.4. The Balaban J connectivity index is 0.983. The monoisotopic (exact) mass is 997 g/mol. The van der Waals surface area contributed by atoms with Gasteiger partial charge in [0.25, 0.3) is 0 Å². The summed E-state index contributed by atoms with van der Waals surface area (Å²) in [5.41, 5.74) is 19.1. The maximum Gasteiger partial charge on any atom is 0.165 e. The first-order valence-electron chi connectivity index (χ1n) is 25.9. The van der Waals surface area contributed by atoms with Gasteiger partial charge in [0.2, 0.25) is 0 Å². The third-order valence-electron chi connectivity index (χ3n) is 18.7. The van der Waals surface area contributed by atoms with Crippen molar-refractivity contribution in [2.75, 3.05) is 19.0 Å². The molecule has 0 saturated heterocycles. The molecule has 0 amide bonds. The van der Waals surface area contributed by atoms with E-state index in [9.17, 15) is 35.1 Å². The van der Waals surface area contributed by atoms with Crippen LogP contribution in [0.15, 0.2) is 72.9 Å². The summed E-state index contributed by atoms with van der Waals surface area (Å²) in [6.45, 7) is -0.00814. The highest BCUT2D eigenvalue weighted by atomic mass is 33.1. The number of carbonyl (C=O) groups is 2. The van der Waals surface area contributed by atoms with Crippen LogP contribution in [-0.4, -0.2) is 73.3 Å². The molecule has 10 N–H and O–H groups in total. The number of phenols is 2. The number of nitrogens with two attached hydrogens (primary N) is 2. The summed E-state index contributed by atoms with van der Waals surface area (Å²) in [5, 5.41) is 56.8. The summed E-state index contributed by atoms with van der Waals surface area (Å²) in [7, 11) is 3.48. The fraction of sp³-hybridized carbons (Fsp3) is 0.517. The van der Waals surface area contributed by atoms with Gasteiger partial charge in [0.05, 0.1) is 38.0 Å². The fourth-order valence-corrected chi connectivity index (χ4v) is 18.4. The predicted octanol–water partition coefficient (Wildman–Crippen LogP) is 8.56. The molecular weight excluding hydrogens is 931 g/mol. The molecule has 374 valence electrons. The number of aliphatic hydroxyl groups excluding tert-OH is 3. The van der Waals surface area contributed by atoms with E-state index in [-0.39, 0.29) is 71.8 Å². The highest BCUT2D eigenvalue weighted by molar-refractivity contribution is 8.76. The largest absolute Gasteiger partial charge is 0.508 e. The van der Waals surface area contributed by atoms with Crippen LogP contribution in [0.1, 0.15) is 138 Å². The average molecular weight is 998 g/mol. The summed E-state index contributed by atoms with van der Waals surface area (Å²) in [4.78, 5) is 31.6. The predicted molar refractivity (Wildman–Crippen MR) is 277 cm³/mol. The number of ketones is 2. The van der Waals surface area contributed by atoms with Crippen LogP contribution in [0.25, 0.3) is 0 Å². The first-order chi connectivity index (χ1) is 34.3. The third kappa shape index (κ3) is 8.77. The van der Waals surface area contributed by atoms with Crippen molar-refractivity contribution in [3.05, 3.63) is 123 Å². The number of rotatable bonds is 3. The van der Waals surface area contributed by atoms with Crippen molar-refractivity contribution in [2.45, 2.75) is 120 Å². The molecule has 11 nitrogen and oxygen atoms in total. The van der Waals surface area contributed by atoms with E-state index in [1.165, 1.54) is 0 Å². The molecule has 13 heteroatoms. The van der Waals surface area contributed by atoms with Crippen LogP contribution in [0.4, 0.5) is 0 Å². The lowest BCUT2D eigenvalue weighted by molar-refractivity contribution is -0.169. The number of H-pyrrole nitrogens is 1. The summed E-state index contributed by atoms with van der Waals surface area (Å²) in [6, 6.07) is 16.5. The van der Waals surface area contributed by atoms with Gasteiger partial charge in [0, 0.05) is 70.7 Å². The number of benzene rings is 3. The number of hydrogen-bond acceptors (Lipinski definition) is 12. The van der Waals surface area contributed by atoms with Gasteiger partial charge in [0.15, 0.2) is 23.1 Å². The Hall–Kier alpha value is -4.52. The van der Waals surface area contributed by atoms with E-state index >= 15 is 0 Å². The van der Waals surface area contributed by atoms with E-state index < -0.39 is 29.7 Å². The summed E-state index contributed by atoms with van der Waals surface area (Å²) >= 11 is 0.